The van der Waals surface area contributed by atoms with Gasteiger partial charge in [-0.2, -0.15) is 0 Å². The molecule has 0 aliphatic carbocycles. The second-order valence-corrected chi connectivity index (χ2v) is 7.73. The predicted molar refractivity (Wildman–Crippen MR) is 102 cm³/mol. The van der Waals surface area contributed by atoms with Crippen molar-refractivity contribution in [3.05, 3.63) is 0 Å². The van der Waals surface area contributed by atoms with E-state index in [0.29, 0.717) is 11.0 Å². The van der Waals surface area contributed by atoms with Gasteiger partial charge in [0.15, 0.2) is 0 Å². The van der Waals surface area contributed by atoms with E-state index in [-0.39, 0.29) is 56.6 Å². The number of carbonyl (C=O) groups excluding carboxylic acids is 5. The number of nitrogens with zero attached hydrogens (tertiary/aromatic N) is 2. The molecule has 0 saturated carbocycles. The van der Waals surface area contributed by atoms with Crippen molar-refractivity contribution >= 4 is 29.6 Å². The molecule has 0 aromatic rings. The maximum Gasteiger partial charge on any atom is 0.334 e. The van der Waals surface area contributed by atoms with Crippen molar-refractivity contribution in [2.75, 3.05) is 26.2 Å². The molecule has 2 fully saturated rings. The van der Waals surface area contributed by atoms with Crippen LogP contribution in [0.1, 0.15) is 52.4 Å². The molecule has 2 rings (SSSR count). The molecule has 0 radical (unpaired) electrons. The Bertz CT molecular complexity index is 635. The Kier molecular flexibility index (Phi) is 8.56. The minimum absolute atomic E-state index is 0.0205. The van der Waals surface area contributed by atoms with Gasteiger partial charge in [-0.05, 0) is 25.3 Å². The standard InChI is InChI=1S/C19H30N4O6/c1-13(2)12-22-11-3-4-14(22)19(28)21-9-7-15(24)20-10-8-18(27)29-23-16(25)5-6-17(23)26/h13-14H,3-12H2,1-2H3,(H,20,24)(H,21,28)/i1+1,2+1,3+1,4+1,11+1,12+1,14+1,20+1. The lowest BCUT2D eigenvalue weighted by atomic mass is 10.4. The average Bonchev–Trinajstić information content (AvgIpc) is 3.22. The first kappa shape index (κ1) is 22.8. The summed E-state index contributed by atoms with van der Waals surface area (Å²) in [5, 5.41) is 5.83. The molecule has 1 atom stereocenters. The van der Waals surface area contributed by atoms with Crippen molar-refractivity contribution in [2.24, 2.45) is 5.92 Å². The van der Waals surface area contributed by atoms with Crippen molar-refractivity contribution < 1.29 is 28.8 Å². The fraction of sp³-hybridized carbons (Fsp3) is 0.737. The van der Waals surface area contributed by atoms with E-state index in [1.807, 2.05) is 0 Å². The van der Waals surface area contributed by atoms with Crippen LogP contribution in [0, 0.1) is 5.92 Å². The molecule has 2 saturated heterocycles. The SMILES string of the molecule is [13CH3]C([13CH3])[13CH2]N1[13CH2][13CH2][13CH2][13CH]1C(=O)NCCC(=O)[15NH]CCC(=O)ON1C(=O)CCC1=O. The number of hydroxylamine groups is 2. The summed E-state index contributed by atoms with van der Waals surface area (Å²) in [6, 6.07) is -0.133. The summed E-state index contributed by atoms with van der Waals surface area (Å²) in [7, 11) is 0. The number of carbonyl (C=O) groups is 5. The topological polar surface area (TPSA) is 125 Å². The molecule has 0 aromatic heterocycles. The van der Waals surface area contributed by atoms with Crippen LogP contribution in [0.5, 0.6) is 0 Å². The van der Waals surface area contributed by atoms with E-state index in [2.05, 4.69) is 29.4 Å². The highest BCUT2D eigenvalue weighted by atomic mass is 16.7. The van der Waals surface area contributed by atoms with E-state index in [1.54, 1.807) is 0 Å². The van der Waals surface area contributed by atoms with Gasteiger partial charge in [0.25, 0.3) is 11.8 Å². The second-order valence-electron chi connectivity index (χ2n) is 7.73. The molecule has 4 amide bonds. The molecule has 2 aliphatic rings. The van der Waals surface area contributed by atoms with Crippen LogP contribution >= 0.6 is 0 Å². The van der Waals surface area contributed by atoms with Gasteiger partial charge in [-0.3, -0.25) is 24.1 Å². The van der Waals surface area contributed by atoms with E-state index in [0.717, 1.165) is 25.9 Å². The van der Waals surface area contributed by atoms with Gasteiger partial charge in [-0.25, -0.2) is 4.79 Å². The lowest BCUT2D eigenvalue weighted by Crippen LogP contribution is -2.45. The zero-order valence-corrected chi connectivity index (χ0v) is 17.1. The summed E-state index contributed by atoms with van der Waals surface area (Å²) in [6.45, 7) is 6.28. The highest BCUT2D eigenvalue weighted by molar-refractivity contribution is 6.01. The maximum atomic E-state index is 12.3. The Labute approximate surface area is 170 Å². The van der Waals surface area contributed by atoms with Crippen LogP contribution in [0.25, 0.3) is 0 Å². The van der Waals surface area contributed by atoms with Crippen molar-refractivity contribution in [2.45, 2.75) is 58.4 Å². The molecular formula is C19H30N4O6. The third-order valence-electron chi connectivity index (χ3n) is 4.77. The van der Waals surface area contributed by atoms with E-state index < -0.39 is 17.8 Å². The van der Waals surface area contributed by atoms with E-state index >= 15 is 0 Å². The molecule has 10 nitrogen and oxygen atoms in total. The number of likely N-dealkylation sites (tertiary alicyclic amines) is 1. The van der Waals surface area contributed by atoms with Crippen LogP contribution < -0.4 is 10.6 Å². The van der Waals surface area contributed by atoms with Crippen molar-refractivity contribution in [3.8, 4) is 0 Å². The molecule has 29 heavy (non-hydrogen) atoms. The van der Waals surface area contributed by atoms with Crippen LogP contribution in [0.15, 0.2) is 0 Å². The van der Waals surface area contributed by atoms with E-state index in [4.69, 9.17) is 4.84 Å². The first-order valence-electron chi connectivity index (χ1n) is 10.1. The van der Waals surface area contributed by atoms with Gasteiger partial charge in [0.1, 0.15) is 0 Å². The van der Waals surface area contributed by atoms with Gasteiger partial charge in [-0.1, -0.05) is 13.8 Å². The molecule has 2 aliphatic heterocycles. The Morgan fingerprint density at radius 3 is 2.38 bits per heavy atom. The summed E-state index contributed by atoms with van der Waals surface area (Å²) in [5.41, 5.74) is 0. The van der Waals surface area contributed by atoms with Crippen LogP contribution in [0.2, 0.25) is 0 Å². The van der Waals surface area contributed by atoms with Gasteiger partial charge in [0.2, 0.25) is 11.8 Å². The zero-order chi connectivity index (χ0) is 21.4. The molecular weight excluding hydrogens is 388 g/mol. The highest BCUT2D eigenvalue weighted by Gasteiger charge is 2.33. The van der Waals surface area contributed by atoms with Gasteiger partial charge >= 0.3 is 5.97 Å². The van der Waals surface area contributed by atoms with Crippen LogP contribution in [-0.2, 0) is 28.8 Å². The Balaban J connectivity index is 1.58. The highest BCUT2D eigenvalue weighted by Crippen LogP contribution is 2.18. The second kappa shape index (κ2) is 10.9. The van der Waals surface area contributed by atoms with E-state index in [1.165, 1.54) is 0 Å². The van der Waals surface area contributed by atoms with Gasteiger partial charge in [0, 0.05) is 38.9 Å². The van der Waals surface area contributed by atoms with Gasteiger partial charge < -0.3 is 15.5 Å². The Morgan fingerprint density at radius 1 is 1.07 bits per heavy atom. The minimum Gasteiger partial charge on any atom is -0.355 e. The number of imide groups is 1. The largest absolute Gasteiger partial charge is 0.355 e. The summed E-state index contributed by atoms with van der Waals surface area (Å²) < 4.78 is 0. The normalized spacial score (nSPS) is 19.7. The lowest BCUT2D eigenvalue weighted by Gasteiger charge is -2.25. The predicted octanol–water partition coefficient (Wildman–Crippen LogP) is -0.273. The van der Waals surface area contributed by atoms with Crippen LogP contribution in [0.3, 0.4) is 0 Å². The van der Waals surface area contributed by atoms with Gasteiger partial charge in [-0.15, -0.1) is 5.06 Å². The monoisotopic (exact) mass is 418 g/mol. The molecule has 10 heteroatoms. The van der Waals surface area contributed by atoms with Crippen molar-refractivity contribution in [1.29, 1.82) is 0 Å². The first-order valence-corrected chi connectivity index (χ1v) is 10.1. The fourth-order valence-corrected chi connectivity index (χ4v) is 3.43. The average molecular weight is 418 g/mol. The van der Waals surface area contributed by atoms with Crippen LogP contribution in [-0.4, -0.2) is 71.8 Å². The van der Waals surface area contributed by atoms with Crippen molar-refractivity contribution in [3.63, 3.8) is 0 Å². The summed E-state index contributed by atoms with van der Waals surface area (Å²) in [6.07, 6.45) is 1.82. The number of hydrogen-bond donors (Lipinski definition) is 2. The zero-order valence-electron chi connectivity index (χ0n) is 17.1. The van der Waals surface area contributed by atoms with Gasteiger partial charge in [0.05, 0.1) is 12.5 Å². The number of hydrogen-bond acceptors (Lipinski definition) is 7. The molecule has 0 bridgehead atoms. The smallest absolute Gasteiger partial charge is 0.334 e. The Morgan fingerprint density at radius 2 is 1.72 bits per heavy atom. The molecule has 0 aromatic carbocycles. The molecule has 2 N–H and O–H groups in total. The van der Waals surface area contributed by atoms with Crippen molar-refractivity contribution in [1.82, 2.24) is 20.6 Å². The number of amides is 4. The first-order chi connectivity index (χ1) is 13.8. The number of nitrogens with one attached hydrogen (secondary N) is 2. The third-order valence-corrected chi connectivity index (χ3v) is 4.77. The number of rotatable bonds is 10. The maximum absolute atomic E-state index is 12.3. The summed E-state index contributed by atoms with van der Waals surface area (Å²) >= 11 is 0. The fourth-order valence-electron chi connectivity index (χ4n) is 3.43. The van der Waals surface area contributed by atoms with Crippen LogP contribution in [0.4, 0.5) is 0 Å². The summed E-state index contributed by atoms with van der Waals surface area (Å²) in [4.78, 5) is 65.4. The summed E-state index contributed by atoms with van der Waals surface area (Å²) in [5.74, 6) is -1.73. The molecule has 0 spiro atoms. The third kappa shape index (κ3) is 7.12. The Hall–Kier alpha value is -2.49. The minimum atomic E-state index is -0.770. The lowest BCUT2D eigenvalue weighted by molar-refractivity contribution is -0.197. The molecule has 2 heterocycles. The molecule has 162 valence electrons. The quantitative estimate of drug-likeness (QED) is 0.284. The molecule has 1 unspecified atom stereocenters. The van der Waals surface area contributed by atoms with E-state index in [9.17, 15) is 24.0 Å².